The normalized spacial score (nSPS) is 11.3. The average molecular weight is 242 g/mol. The van der Waals surface area contributed by atoms with Gasteiger partial charge in [0, 0.05) is 21.8 Å². The summed E-state index contributed by atoms with van der Waals surface area (Å²) in [5.74, 6) is 0. The maximum absolute atomic E-state index is 9.29. The van der Waals surface area contributed by atoms with Gasteiger partial charge in [-0.1, -0.05) is 42.5 Å². The van der Waals surface area contributed by atoms with E-state index in [0.717, 1.165) is 16.2 Å². The zero-order chi connectivity index (χ0) is 13.0. The first-order chi connectivity index (χ1) is 9.29. The van der Waals surface area contributed by atoms with Crippen LogP contribution in [0.15, 0.2) is 48.5 Å². The predicted octanol–water partition coefficient (Wildman–Crippen LogP) is 4.04. The van der Waals surface area contributed by atoms with Crippen LogP contribution in [0.25, 0.3) is 32.3 Å². The van der Waals surface area contributed by atoms with E-state index >= 15 is 0 Å². The number of hydrogen-bond acceptors (Lipinski definition) is 2. The fourth-order valence-electron chi connectivity index (χ4n) is 2.95. The highest BCUT2D eigenvalue weighted by molar-refractivity contribution is 6.26. The fourth-order valence-corrected chi connectivity index (χ4v) is 2.95. The van der Waals surface area contributed by atoms with Gasteiger partial charge in [0.15, 0.2) is 0 Å². The Kier molecular flexibility index (Phi) is 1.80. The predicted molar refractivity (Wildman–Crippen MR) is 79.3 cm³/mol. The largest absolute Gasteiger partial charge is 0.398 e. The lowest BCUT2D eigenvalue weighted by Gasteiger charge is -2.13. The minimum atomic E-state index is 0.642. The molecule has 0 heterocycles. The van der Waals surface area contributed by atoms with E-state index in [2.05, 4.69) is 36.4 Å². The lowest BCUT2D eigenvalue weighted by molar-refractivity contribution is 1.51. The quantitative estimate of drug-likeness (QED) is 0.373. The number of benzene rings is 4. The number of rotatable bonds is 0. The van der Waals surface area contributed by atoms with Crippen LogP contribution in [0.1, 0.15) is 5.56 Å². The zero-order valence-corrected chi connectivity index (χ0v) is 10.1. The molecule has 2 heteroatoms. The molecule has 4 rings (SSSR count). The van der Waals surface area contributed by atoms with Crippen LogP contribution in [0.5, 0.6) is 0 Å². The molecule has 0 fully saturated rings. The molecule has 0 amide bonds. The van der Waals surface area contributed by atoms with Crippen LogP contribution in [0.3, 0.4) is 0 Å². The van der Waals surface area contributed by atoms with Crippen molar-refractivity contribution in [3.63, 3.8) is 0 Å². The first kappa shape index (κ1) is 10.2. The van der Waals surface area contributed by atoms with Gasteiger partial charge in [-0.3, -0.25) is 0 Å². The Hall–Kier alpha value is -2.79. The molecular weight excluding hydrogens is 232 g/mol. The standard InChI is InChI=1S/C17H10N2/c18-9-12-8-15(19)14-7-5-11-3-1-2-10-4-6-13(12)17(14)16(10)11/h1-8H,19H2. The van der Waals surface area contributed by atoms with Gasteiger partial charge in [-0.25, -0.2) is 0 Å². The van der Waals surface area contributed by atoms with E-state index in [1.54, 1.807) is 6.07 Å². The fraction of sp³-hybridized carbons (Fsp3) is 0. The van der Waals surface area contributed by atoms with Crippen molar-refractivity contribution in [2.75, 3.05) is 5.73 Å². The van der Waals surface area contributed by atoms with Crippen LogP contribution in [-0.2, 0) is 0 Å². The van der Waals surface area contributed by atoms with Crippen molar-refractivity contribution < 1.29 is 0 Å². The maximum Gasteiger partial charge on any atom is 0.0998 e. The third kappa shape index (κ3) is 1.19. The summed E-state index contributed by atoms with van der Waals surface area (Å²) in [5, 5.41) is 16.0. The summed E-state index contributed by atoms with van der Waals surface area (Å²) in [7, 11) is 0. The van der Waals surface area contributed by atoms with Gasteiger partial charge < -0.3 is 5.73 Å². The second-order valence-electron chi connectivity index (χ2n) is 4.81. The van der Waals surface area contributed by atoms with E-state index in [1.807, 2.05) is 12.1 Å². The van der Waals surface area contributed by atoms with E-state index in [1.165, 1.54) is 16.2 Å². The van der Waals surface area contributed by atoms with Gasteiger partial charge >= 0.3 is 0 Å². The molecule has 4 aromatic rings. The molecule has 0 aliphatic rings. The molecule has 0 spiro atoms. The molecule has 19 heavy (non-hydrogen) atoms. The van der Waals surface area contributed by atoms with Crippen LogP contribution in [0.4, 0.5) is 5.69 Å². The van der Waals surface area contributed by atoms with Gasteiger partial charge in [0.05, 0.1) is 11.6 Å². The van der Waals surface area contributed by atoms with Crippen LogP contribution in [-0.4, -0.2) is 0 Å². The van der Waals surface area contributed by atoms with Crippen molar-refractivity contribution in [2.24, 2.45) is 0 Å². The molecule has 2 N–H and O–H groups in total. The Labute approximate surface area is 110 Å². The Balaban J connectivity index is 2.46. The summed E-state index contributed by atoms with van der Waals surface area (Å²) < 4.78 is 0. The monoisotopic (exact) mass is 242 g/mol. The third-order valence-corrected chi connectivity index (χ3v) is 3.80. The minimum Gasteiger partial charge on any atom is -0.398 e. The number of anilines is 1. The van der Waals surface area contributed by atoms with Crippen LogP contribution in [0.2, 0.25) is 0 Å². The Morgan fingerprint density at radius 2 is 1.53 bits per heavy atom. The van der Waals surface area contributed by atoms with E-state index in [0.29, 0.717) is 11.3 Å². The summed E-state index contributed by atoms with van der Waals surface area (Å²) in [6.07, 6.45) is 0. The van der Waals surface area contributed by atoms with Gasteiger partial charge in [0.2, 0.25) is 0 Å². The maximum atomic E-state index is 9.29. The van der Waals surface area contributed by atoms with Gasteiger partial charge in [0.1, 0.15) is 0 Å². The summed E-state index contributed by atoms with van der Waals surface area (Å²) in [5.41, 5.74) is 7.40. The van der Waals surface area contributed by atoms with Crippen molar-refractivity contribution in [1.29, 1.82) is 5.26 Å². The summed E-state index contributed by atoms with van der Waals surface area (Å²) >= 11 is 0. The van der Waals surface area contributed by atoms with Crippen LogP contribution < -0.4 is 5.73 Å². The molecule has 0 aliphatic carbocycles. The number of nitrogens with two attached hydrogens (primary N) is 1. The topological polar surface area (TPSA) is 49.8 Å². The van der Waals surface area contributed by atoms with E-state index in [4.69, 9.17) is 5.73 Å². The number of nitrogen functional groups attached to an aromatic ring is 1. The van der Waals surface area contributed by atoms with Gasteiger partial charge in [0.25, 0.3) is 0 Å². The second-order valence-corrected chi connectivity index (χ2v) is 4.81. The highest BCUT2D eigenvalue weighted by Gasteiger charge is 2.12. The molecule has 0 atom stereocenters. The summed E-state index contributed by atoms with van der Waals surface area (Å²) in [6.45, 7) is 0. The molecular formula is C17H10N2. The van der Waals surface area contributed by atoms with Crippen molar-refractivity contribution in [3.8, 4) is 6.07 Å². The van der Waals surface area contributed by atoms with Crippen molar-refractivity contribution in [1.82, 2.24) is 0 Å². The van der Waals surface area contributed by atoms with E-state index in [9.17, 15) is 5.26 Å². The molecule has 0 saturated heterocycles. The Morgan fingerprint density at radius 1 is 0.842 bits per heavy atom. The lowest BCUT2D eigenvalue weighted by atomic mass is 9.91. The van der Waals surface area contributed by atoms with Crippen LogP contribution >= 0.6 is 0 Å². The number of nitrogens with zero attached hydrogens (tertiary/aromatic N) is 1. The van der Waals surface area contributed by atoms with Crippen molar-refractivity contribution >= 4 is 38.0 Å². The van der Waals surface area contributed by atoms with Gasteiger partial charge in [-0.05, 0) is 22.2 Å². The third-order valence-electron chi connectivity index (χ3n) is 3.80. The molecule has 4 aromatic carbocycles. The van der Waals surface area contributed by atoms with E-state index < -0.39 is 0 Å². The molecule has 0 aromatic heterocycles. The minimum absolute atomic E-state index is 0.642. The highest BCUT2D eigenvalue weighted by atomic mass is 14.6. The Morgan fingerprint density at radius 3 is 2.21 bits per heavy atom. The first-order valence-corrected chi connectivity index (χ1v) is 6.16. The second kappa shape index (κ2) is 3.37. The Bertz CT molecular complexity index is 961. The van der Waals surface area contributed by atoms with Gasteiger partial charge in [-0.15, -0.1) is 0 Å². The van der Waals surface area contributed by atoms with Crippen molar-refractivity contribution in [2.45, 2.75) is 0 Å². The first-order valence-electron chi connectivity index (χ1n) is 6.16. The summed E-state index contributed by atoms with van der Waals surface area (Å²) in [6, 6.07) is 18.5. The summed E-state index contributed by atoms with van der Waals surface area (Å²) in [4.78, 5) is 0. The molecule has 0 bridgehead atoms. The van der Waals surface area contributed by atoms with Crippen LogP contribution in [0, 0.1) is 11.3 Å². The molecule has 0 aliphatic heterocycles. The SMILES string of the molecule is N#Cc1cc(N)c2ccc3cccc4ccc1c2c34. The zero-order valence-electron chi connectivity index (χ0n) is 10.1. The molecule has 88 valence electrons. The van der Waals surface area contributed by atoms with Crippen molar-refractivity contribution in [3.05, 3.63) is 54.1 Å². The smallest absolute Gasteiger partial charge is 0.0998 e. The number of nitriles is 1. The van der Waals surface area contributed by atoms with Gasteiger partial charge in [-0.2, -0.15) is 5.26 Å². The van der Waals surface area contributed by atoms with E-state index in [-0.39, 0.29) is 0 Å². The molecule has 0 saturated carbocycles. The highest BCUT2D eigenvalue weighted by Crippen LogP contribution is 2.38. The molecule has 2 nitrogen and oxygen atoms in total. The average Bonchev–Trinajstić information content (AvgIpc) is 2.46. The molecule has 0 radical (unpaired) electrons. The molecule has 0 unspecified atom stereocenters. The lowest BCUT2D eigenvalue weighted by Crippen LogP contribution is -1.92. The number of hydrogen-bond donors (Lipinski definition) is 1.